The molecule has 10 nitrogen and oxygen atoms in total. The molecule has 0 amide bonds. The van der Waals surface area contributed by atoms with E-state index < -0.39 is 36.2 Å². The molecule has 4 atom stereocenters. The van der Waals surface area contributed by atoms with Crippen LogP contribution >= 0.6 is 0 Å². The fourth-order valence-corrected chi connectivity index (χ4v) is 4.23. The highest BCUT2D eigenvalue weighted by atomic mass is 16.7. The molecule has 1 aromatic carbocycles. The van der Waals surface area contributed by atoms with Crippen LogP contribution in [0, 0.1) is 11.8 Å². The summed E-state index contributed by atoms with van der Waals surface area (Å²) in [7, 11) is 0. The minimum atomic E-state index is -1.03. The van der Waals surface area contributed by atoms with E-state index in [0.717, 1.165) is 44.9 Å². The molecule has 41 heavy (non-hydrogen) atoms. The summed E-state index contributed by atoms with van der Waals surface area (Å²) in [4.78, 5) is 49.5. The molecule has 2 N–H and O–H groups in total. The Hall–Kier alpha value is -3.14. The molecule has 0 heterocycles. The fraction of sp³-hybridized carbons (Fsp3) is 0.677. The first-order chi connectivity index (χ1) is 19.5. The van der Waals surface area contributed by atoms with E-state index in [1.807, 2.05) is 27.7 Å². The van der Waals surface area contributed by atoms with E-state index in [1.165, 1.54) is 6.07 Å². The Labute approximate surface area is 243 Å². The van der Waals surface area contributed by atoms with Gasteiger partial charge in [-0.3, -0.25) is 14.4 Å². The molecule has 1 aliphatic carbocycles. The SMILES string of the molecule is CCC(C)CC(=O)Oc1ccc(C[C@H](N)C(=O)O[C@@H](C)COC(=O)OC2CCCCC2)cc1OC(=O)CC(C)CC. The Kier molecular flexibility index (Phi) is 14.6. The van der Waals surface area contributed by atoms with Crippen LogP contribution in [0.25, 0.3) is 0 Å². The standard InChI is InChI=1S/C31H47NO9/c1-6-20(3)15-28(33)40-26-14-13-23(18-27(26)41-29(34)16-21(4)7-2)17-25(32)30(35)38-22(5)19-37-31(36)39-24-11-9-8-10-12-24/h13-14,18,20-22,24-25H,6-12,15-17,19,32H2,1-5H3/t20?,21?,22-,25-/m0/s1. The van der Waals surface area contributed by atoms with Crippen LogP contribution in [0.2, 0.25) is 0 Å². The minimum Gasteiger partial charge on any atom is -0.458 e. The molecule has 230 valence electrons. The Bertz CT molecular complexity index is 1010. The van der Waals surface area contributed by atoms with Gasteiger partial charge in [-0.2, -0.15) is 0 Å². The van der Waals surface area contributed by atoms with Crippen molar-refractivity contribution in [2.24, 2.45) is 17.6 Å². The highest BCUT2D eigenvalue weighted by molar-refractivity contribution is 5.77. The zero-order chi connectivity index (χ0) is 30.4. The Balaban J connectivity index is 1.97. The van der Waals surface area contributed by atoms with Gasteiger partial charge in [-0.15, -0.1) is 0 Å². The molecule has 2 unspecified atom stereocenters. The van der Waals surface area contributed by atoms with Crippen LogP contribution < -0.4 is 15.2 Å². The van der Waals surface area contributed by atoms with E-state index in [1.54, 1.807) is 19.1 Å². The summed E-state index contributed by atoms with van der Waals surface area (Å²) in [6.45, 7) is 9.31. The highest BCUT2D eigenvalue weighted by Crippen LogP contribution is 2.31. The van der Waals surface area contributed by atoms with Gasteiger partial charge in [0.25, 0.3) is 0 Å². The molecule has 1 aromatic rings. The van der Waals surface area contributed by atoms with E-state index in [4.69, 9.17) is 29.4 Å². The van der Waals surface area contributed by atoms with Crippen molar-refractivity contribution in [1.29, 1.82) is 0 Å². The van der Waals surface area contributed by atoms with Crippen molar-refractivity contribution in [1.82, 2.24) is 0 Å². The molecule has 10 heteroatoms. The summed E-state index contributed by atoms with van der Waals surface area (Å²) in [5.41, 5.74) is 6.69. The lowest BCUT2D eigenvalue weighted by molar-refractivity contribution is -0.152. The fourth-order valence-electron chi connectivity index (χ4n) is 4.23. The maximum atomic E-state index is 12.6. The third-order valence-corrected chi connectivity index (χ3v) is 7.21. The minimum absolute atomic E-state index is 0.0765. The van der Waals surface area contributed by atoms with E-state index in [0.29, 0.717) is 5.56 Å². The third kappa shape index (κ3) is 12.9. The smallest absolute Gasteiger partial charge is 0.458 e. The number of hydrogen-bond donors (Lipinski definition) is 1. The lowest BCUT2D eigenvalue weighted by Crippen LogP contribution is -2.37. The average molecular weight is 578 g/mol. The van der Waals surface area contributed by atoms with Gasteiger partial charge in [0.2, 0.25) is 0 Å². The van der Waals surface area contributed by atoms with Crippen molar-refractivity contribution in [3.63, 3.8) is 0 Å². The molecule has 0 saturated heterocycles. The monoisotopic (exact) mass is 577 g/mol. The number of ether oxygens (including phenoxy) is 5. The number of hydrogen-bond acceptors (Lipinski definition) is 10. The molecule has 0 spiro atoms. The zero-order valence-electron chi connectivity index (χ0n) is 25.1. The lowest BCUT2D eigenvalue weighted by Gasteiger charge is -2.22. The molecule has 1 aliphatic rings. The Morgan fingerprint density at radius 3 is 2.05 bits per heavy atom. The van der Waals surface area contributed by atoms with Gasteiger partial charge in [-0.1, -0.05) is 53.0 Å². The third-order valence-electron chi connectivity index (χ3n) is 7.21. The zero-order valence-corrected chi connectivity index (χ0v) is 25.1. The summed E-state index contributed by atoms with van der Waals surface area (Å²) in [5, 5.41) is 0. The van der Waals surface area contributed by atoms with Crippen molar-refractivity contribution >= 4 is 24.1 Å². The van der Waals surface area contributed by atoms with Gasteiger partial charge in [0.1, 0.15) is 24.9 Å². The normalized spacial score (nSPS) is 16.5. The number of nitrogens with two attached hydrogens (primary N) is 1. The quantitative estimate of drug-likeness (QED) is 0.205. The summed E-state index contributed by atoms with van der Waals surface area (Å²) < 4.78 is 26.8. The van der Waals surface area contributed by atoms with Crippen LogP contribution in [-0.2, 0) is 35.0 Å². The van der Waals surface area contributed by atoms with Gasteiger partial charge >= 0.3 is 24.1 Å². The van der Waals surface area contributed by atoms with Gasteiger partial charge in [-0.25, -0.2) is 4.79 Å². The van der Waals surface area contributed by atoms with Crippen molar-refractivity contribution in [2.45, 2.75) is 117 Å². The molecular weight excluding hydrogens is 530 g/mol. The molecule has 0 aliphatic heterocycles. The van der Waals surface area contributed by atoms with Gasteiger partial charge in [-0.05, 0) is 68.6 Å². The molecule has 0 radical (unpaired) electrons. The largest absolute Gasteiger partial charge is 0.508 e. The van der Waals surface area contributed by atoms with Gasteiger partial charge in [0.05, 0.1) is 0 Å². The van der Waals surface area contributed by atoms with E-state index >= 15 is 0 Å². The Morgan fingerprint density at radius 1 is 0.878 bits per heavy atom. The first-order valence-corrected chi connectivity index (χ1v) is 14.8. The molecule has 2 rings (SSSR count). The number of carbonyl (C=O) groups excluding carboxylic acids is 4. The molecule has 0 aromatic heterocycles. The second-order valence-electron chi connectivity index (χ2n) is 11.2. The van der Waals surface area contributed by atoms with Crippen LogP contribution in [0.3, 0.4) is 0 Å². The van der Waals surface area contributed by atoms with Crippen molar-refractivity contribution in [3.05, 3.63) is 23.8 Å². The summed E-state index contributed by atoms with van der Waals surface area (Å²) in [6.07, 6.45) is 5.38. The van der Waals surface area contributed by atoms with Crippen LogP contribution in [-0.4, -0.2) is 48.9 Å². The van der Waals surface area contributed by atoms with Gasteiger partial charge in [0.15, 0.2) is 11.5 Å². The first-order valence-electron chi connectivity index (χ1n) is 14.8. The molecule has 0 bridgehead atoms. The van der Waals surface area contributed by atoms with Crippen LogP contribution in [0.5, 0.6) is 11.5 Å². The van der Waals surface area contributed by atoms with Crippen LogP contribution in [0.4, 0.5) is 4.79 Å². The van der Waals surface area contributed by atoms with E-state index in [9.17, 15) is 19.2 Å². The van der Waals surface area contributed by atoms with Crippen molar-refractivity contribution < 1.29 is 42.9 Å². The van der Waals surface area contributed by atoms with Gasteiger partial charge < -0.3 is 29.4 Å². The topological polar surface area (TPSA) is 140 Å². The van der Waals surface area contributed by atoms with Crippen LogP contribution in [0.15, 0.2) is 18.2 Å². The Morgan fingerprint density at radius 2 is 1.46 bits per heavy atom. The van der Waals surface area contributed by atoms with Crippen molar-refractivity contribution in [2.75, 3.05) is 6.61 Å². The maximum absolute atomic E-state index is 12.6. The predicted molar refractivity (Wildman–Crippen MR) is 152 cm³/mol. The molecular formula is C31H47NO9. The number of esters is 3. The second-order valence-corrected chi connectivity index (χ2v) is 11.2. The number of rotatable bonds is 15. The highest BCUT2D eigenvalue weighted by Gasteiger charge is 2.23. The second kappa shape index (κ2) is 17.6. The van der Waals surface area contributed by atoms with E-state index in [-0.39, 0.29) is 55.3 Å². The predicted octanol–water partition coefficient (Wildman–Crippen LogP) is 5.66. The van der Waals surface area contributed by atoms with Gasteiger partial charge in [0, 0.05) is 12.8 Å². The maximum Gasteiger partial charge on any atom is 0.508 e. The van der Waals surface area contributed by atoms with E-state index in [2.05, 4.69) is 0 Å². The average Bonchev–Trinajstić information content (AvgIpc) is 2.93. The van der Waals surface area contributed by atoms with Crippen LogP contribution in [0.1, 0.15) is 98.0 Å². The summed E-state index contributed by atoms with van der Waals surface area (Å²) in [6, 6.07) is 3.69. The molecule has 1 fully saturated rings. The lowest BCUT2D eigenvalue weighted by atomic mass is 9.98. The van der Waals surface area contributed by atoms with Crippen molar-refractivity contribution in [3.8, 4) is 11.5 Å². The summed E-state index contributed by atoms with van der Waals surface area (Å²) in [5.74, 6) is -1.06. The number of benzene rings is 1. The molecule has 1 saturated carbocycles. The first kappa shape index (κ1) is 34.1. The summed E-state index contributed by atoms with van der Waals surface area (Å²) >= 11 is 0. The number of carbonyl (C=O) groups is 4.